The standard InChI is InChI=1S/C62H119NO18/c1-3-5-7-9-11-13-15-17-18-19-20-21-22-23-24-25-26-28-30-32-34-36-38-40-50(68)63-45(46(67)39-37-35-33-31-29-27-16-14-12-10-8-6-4-2)44-76-60-56(74)53(71)58(48(42-65)78-60)81-62-57(75)54(72)59(49(43-66)79-62)80-61-55(73)52(70)51(69)47(41-64)77-61/h45-49,51-62,64-67,69-75H,3-44H2,1-2H3,(H,63,68)/t45-,46+,47+,48+,49+,51-,52-,53+,54+,55+,56+,57+,58+,59-,60+,61+,62-/m0/s1. The van der Waals surface area contributed by atoms with Gasteiger partial charge in [0.2, 0.25) is 5.91 Å². The number of hydrogen-bond acceptors (Lipinski definition) is 18. The van der Waals surface area contributed by atoms with E-state index in [-0.39, 0.29) is 18.9 Å². The zero-order valence-corrected chi connectivity index (χ0v) is 50.3. The van der Waals surface area contributed by atoms with Gasteiger partial charge in [-0.1, -0.05) is 239 Å². The number of aliphatic hydroxyl groups is 11. The van der Waals surface area contributed by atoms with E-state index in [2.05, 4.69) is 19.2 Å². The van der Waals surface area contributed by atoms with E-state index in [0.29, 0.717) is 12.8 Å². The molecular weight excluding hydrogens is 1050 g/mol. The highest BCUT2D eigenvalue weighted by molar-refractivity contribution is 5.76. The van der Waals surface area contributed by atoms with Gasteiger partial charge in [-0.3, -0.25) is 4.79 Å². The molecule has 0 spiro atoms. The summed E-state index contributed by atoms with van der Waals surface area (Å²) < 4.78 is 34.3. The minimum atomic E-state index is -1.97. The normalized spacial score (nSPS) is 29.7. The van der Waals surface area contributed by atoms with Crippen LogP contribution in [0.4, 0.5) is 0 Å². The molecule has 3 fully saturated rings. The minimum Gasteiger partial charge on any atom is -0.394 e. The molecule has 17 atom stereocenters. The smallest absolute Gasteiger partial charge is 0.220 e. The third-order valence-corrected chi connectivity index (χ3v) is 16.9. The molecule has 19 nitrogen and oxygen atoms in total. The van der Waals surface area contributed by atoms with Gasteiger partial charge in [0, 0.05) is 6.42 Å². The van der Waals surface area contributed by atoms with Crippen LogP contribution in [0, 0.1) is 0 Å². The maximum Gasteiger partial charge on any atom is 0.220 e. The summed E-state index contributed by atoms with van der Waals surface area (Å²) in [4.78, 5) is 13.4. The molecule has 0 saturated carbocycles. The summed E-state index contributed by atoms with van der Waals surface area (Å²) in [5, 5.41) is 120. The SMILES string of the molecule is CCCCCCCCCCCCCCCCCCCCCCCCCC(=O)N[C@@H](CO[C@@H]1O[C@H](CO)[C@@H](O[C@@H]2O[C@H](CO)[C@H](O[C@H]3O[C@H](CO)[C@H](O)[C@H](O)[C@H]3O)[C@H](O)[C@H]2O)[C@H](O)[C@H]1O)[C@H](O)CCCCCCCCCCCCCCC. The number of carbonyl (C=O) groups excluding carboxylic acids is 1. The molecule has 12 N–H and O–H groups in total. The van der Waals surface area contributed by atoms with Gasteiger partial charge in [0.1, 0.15) is 73.2 Å². The van der Waals surface area contributed by atoms with Crippen molar-refractivity contribution in [3.8, 4) is 0 Å². The highest BCUT2D eigenvalue weighted by Gasteiger charge is 2.53. The molecule has 1 amide bonds. The zero-order valence-electron chi connectivity index (χ0n) is 50.3. The third kappa shape index (κ3) is 29.4. The van der Waals surface area contributed by atoms with Crippen molar-refractivity contribution in [3.63, 3.8) is 0 Å². The Hall–Kier alpha value is -1.21. The number of hydrogen-bond donors (Lipinski definition) is 12. The molecule has 3 rings (SSSR count). The summed E-state index contributed by atoms with van der Waals surface area (Å²) in [6.07, 6.45) is 19.0. The van der Waals surface area contributed by atoms with E-state index < -0.39 is 124 Å². The Morgan fingerprint density at radius 1 is 0.395 bits per heavy atom. The number of rotatable bonds is 50. The number of amides is 1. The first-order valence-corrected chi connectivity index (χ1v) is 32.8. The van der Waals surface area contributed by atoms with Crippen molar-refractivity contribution >= 4 is 5.91 Å². The van der Waals surface area contributed by atoms with E-state index in [1.807, 2.05) is 0 Å². The van der Waals surface area contributed by atoms with Crippen molar-refractivity contribution in [1.29, 1.82) is 0 Å². The van der Waals surface area contributed by atoms with Crippen LogP contribution in [0.3, 0.4) is 0 Å². The van der Waals surface area contributed by atoms with E-state index in [1.165, 1.54) is 180 Å². The molecule has 0 aliphatic carbocycles. The Labute approximate surface area is 487 Å². The fourth-order valence-electron chi connectivity index (χ4n) is 11.6. The van der Waals surface area contributed by atoms with Crippen LogP contribution in [-0.4, -0.2) is 193 Å². The Bertz CT molecular complexity index is 1490. The molecule has 3 aliphatic rings. The van der Waals surface area contributed by atoms with Crippen LogP contribution in [0.5, 0.6) is 0 Å². The van der Waals surface area contributed by atoms with Crippen LogP contribution in [-0.2, 0) is 33.2 Å². The van der Waals surface area contributed by atoms with E-state index in [1.54, 1.807) is 0 Å². The van der Waals surface area contributed by atoms with E-state index in [9.17, 15) is 61.0 Å². The van der Waals surface area contributed by atoms with Crippen LogP contribution in [0.25, 0.3) is 0 Å². The van der Waals surface area contributed by atoms with Crippen molar-refractivity contribution in [1.82, 2.24) is 5.32 Å². The second-order valence-corrected chi connectivity index (χ2v) is 23.9. The molecule has 3 heterocycles. The van der Waals surface area contributed by atoms with Crippen LogP contribution in [0.2, 0.25) is 0 Å². The number of ether oxygens (including phenoxy) is 6. The zero-order chi connectivity index (χ0) is 59.0. The predicted octanol–water partition coefficient (Wildman–Crippen LogP) is 7.16. The first-order valence-electron chi connectivity index (χ1n) is 32.8. The van der Waals surface area contributed by atoms with Gasteiger partial charge in [-0.05, 0) is 12.8 Å². The first-order chi connectivity index (χ1) is 39.3. The molecule has 19 heteroatoms. The molecule has 480 valence electrons. The second-order valence-electron chi connectivity index (χ2n) is 23.9. The van der Waals surface area contributed by atoms with Gasteiger partial charge in [0.25, 0.3) is 0 Å². The fourth-order valence-corrected chi connectivity index (χ4v) is 11.6. The van der Waals surface area contributed by atoms with E-state index in [0.717, 1.165) is 44.9 Å². The highest BCUT2D eigenvalue weighted by atomic mass is 16.8. The van der Waals surface area contributed by atoms with Crippen molar-refractivity contribution in [3.05, 3.63) is 0 Å². The first kappa shape index (κ1) is 74.0. The quantitative estimate of drug-likeness (QED) is 0.0269. The van der Waals surface area contributed by atoms with E-state index >= 15 is 0 Å². The summed E-state index contributed by atoms with van der Waals surface area (Å²) in [5.74, 6) is -0.237. The number of nitrogens with one attached hydrogen (secondary N) is 1. The van der Waals surface area contributed by atoms with Gasteiger partial charge >= 0.3 is 0 Å². The van der Waals surface area contributed by atoms with Gasteiger partial charge in [-0.2, -0.15) is 0 Å². The maximum atomic E-state index is 13.4. The molecule has 3 aliphatic heterocycles. The van der Waals surface area contributed by atoms with Crippen LogP contribution in [0.15, 0.2) is 0 Å². The van der Waals surface area contributed by atoms with Crippen molar-refractivity contribution in [2.45, 2.75) is 362 Å². The molecule has 3 saturated heterocycles. The highest BCUT2D eigenvalue weighted by Crippen LogP contribution is 2.33. The summed E-state index contributed by atoms with van der Waals surface area (Å²) in [5.41, 5.74) is 0. The predicted molar refractivity (Wildman–Crippen MR) is 310 cm³/mol. The largest absolute Gasteiger partial charge is 0.394 e. The molecule has 81 heavy (non-hydrogen) atoms. The number of aliphatic hydroxyl groups excluding tert-OH is 11. The van der Waals surface area contributed by atoms with Crippen molar-refractivity contribution in [2.24, 2.45) is 0 Å². The van der Waals surface area contributed by atoms with Crippen molar-refractivity contribution in [2.75, 3.05) is 26.4 Å². The monoisotopic (exact) mass is 1170 g/mol. The van der Waals surface area contributed by atoms with Crippen LogP contribution < -0.4 is 5.32 Å². The molecule has 0 bridgehead atoms. The fraction of sp³-hybridized carbons (Fsp3) is 0.984. The Kier molecular flexibility index (Phi) is 42.1. The van der Waals surface area contributed by atoms with Gasteiger partial charge in [0.05, 0.1) is 38.6 Å². The van der Waals surface area contributed by atoms with Gasteiger partial charge < -0.3 is 89.9 Å². The Morgan fingerprint density at radius 2 is 0.704 bits per heavy atom. The lowest BCUT2D eigenvalue weighted by atomic mass is 9.96. The van der Waals surface area contributed by atoms with Gasteiger partial charge in [-0.25, -0.2) is 0 Å². The topological polar surface area (TPSA) is 307 Å². The lowest BCUT2D eigenvalue weighted by Gasteiger charge is -2.48. The summed E-state index contributed by atoms with van der Waals surface area (Å²) in [6, 6.07) is -0.880. The molecule has 0 unspecified atom stereocenters. The average Bonchev–Trinajstić information content (AvgIpc) is 3.57. The Morgan fingerprint density at radius 3 is 1.07 bits per heavy atom. The average molecular weight is 1170 g/mol. The lowest BCUT2D eigenvalue weighted by Crippen LogP contribution is -2.66. The van der Waals surface area contributed by atoms with Crippen LogP contribution >= 0.6 is 0 Å². The minimum absolute atomic E-state index is 0.237. The molecule has 0 radical (unpaired) electrons. The molecular formula is C62H119NO18. The van der Waals surface area contributed by atoms with Crippen LogP contribution in [0.1, 0.15) is 258 Å². The summed E-state index contributed by atoms with van der Waals surface area (Å²) in [7, 11) is 0. The summed E-state index contributed by atoms with van der Waals surface area (Å²) in [6.45, 7) is 1.82. The third-order valence-electron chi connectivity index (χ3n) is 16.9. The molecule has 0 aromatic carbocycles. The van der Waals surface area contributed by atoms with Crippen molar-refractivity contribution < 1.29 is 89.4 Å². The summed E-state index contributed by atoms with van der Waals surface area (Å²) >= 11 is 0. The Balaban J connectivity index is 1.43. The van der Waals surface area contributed by atoms with Gasteiger partial charge in [-0.15, -0.1) is 0 Å². The lowest BCUT2D eigenvalue weighted by molar-refractivity contribution is -0.379. The number of carbonyl (C=O) groups is 1. The molecule has 0 aromatic rings. The molecule has 0 aromatic heterocycles. The van der Waals surface area contributed by atoms with E-state index in [4.69, 9.17) is 28.4 Å². The maximum absolute atomic E-state index is 13.4. The van der Waals surface area contributed by atoms with Gasteiger partial charge in [0.15, 0.2) is 18.9 Å². The number of unbranched alkanes of at least 4 members (excludes halogenated alkanes) is 34. The second kappa shape index (κ2) is 46.0.